The van der Waals surface area contributed by atoms with Gasteiger partial charge in [-0.1, -0.05) is 44.4 Å². The summed E-state index contributed by atoms with van der Waals surface area (Å²) in [6, 6.07) is 0. The molecule has 48 valence electrons. The fraction of sp³-hybridized carbons (Fsp3) is 0.667. The molecular weight excluding hydrogens is 232 g/mol. The summed E-state index contributed by atoms with van der Waals surface area (Å²) in [5.41, 5.74) is 1.42. The van der Waals surface area contributed by atoms with Gasteiger partial charge in [0, 0.05) is 9.81 Å². The summed E-state index contributed by atoms with van der Waals surface area (Å²) in [5, 5.41) is 0.937. The maximum absolute atomic E-state index is 3.44. The van der Waals surface area contributed by atoms with Gasteiger partial charge >= 0.3 is 0 Å². The second kappa shape index (κ2) is 4.57. The number of hydrogen-bond donors (Lipinski definition) is 0. The van der Waals surface area contributed by atoms with Crippen LogP contribution in [0.4, 0.5) is 0 Å². The Hall–Kier alpha value is 0.700. The summed E-state index contributed by atoms with van der Waals surface area (Å²) in [7, 11) is 0. The van der Waals surface area contributed by atoms with Crippen LogP contribution in [0.15, 0.2) is 10.1 Å². The predicted molar refractivity (Wildman–Crippen MR) is 45.7 cm³/mol. The van der Waals surface area contributed by atoms with Crippen molar-refractivity contribution in [3.63, 3.8) is 0 Å². The zero-order valence-electron chi connectivity index (χ0n) is 5.17. The van der Waals surface area contributed by atoms with Crippen LogP contribution in [0.1, 0.15) is 20.3 Å². The van der Waals surface area contributed by atoms with Gasteiger partial charge in [-0.15, -0.1) is 0 Å². The lowest BCUT2D eigenvalue weighted by Crippen LogP contribution is -1.78. The molecule has 0 nitrogen and oxygen atoms in total. The van der Waals surface area contributed by atoms with E-state index >= 15 is 0 Å². The molecule has 0 rings (SSSR count). The monoisotopic (exact) mass is 240 g/mol. The van der Waals surface area contributed by atoms with E-state index < -0.39 is 0 Å². The van der Waals surface area contributed by atoms with E-state index in [9.17, 15) is 0 Å². The van der Waals surface area contributed by atoms with Crippen molar-refractivity contribution in [3.05, 3.63) is 10.1 Å². The van der Waals surface area contributed by atoms with E-state index in [0.717, 1.165) is 11.8 Å². The molecule has 0 aromatic carbocycles. The first-order valence-electron chi connectivity index (χ1n) is 2.62. The second-order valence-electron chi connectivity index (χ2n) is 1.67. The summed E-state index contributed by atoms with van der Waals surface area (Å²) in [6.07, 6.45) is 1.13. The van der Waals surface area contributed by atoms with E-state index in [-0.39, 0.29) is 0 Å². The number of halogens is 2. The SMILES string of the molecule is CCC(C)=C(Br)CBr. The summed E-state index contributed by atoms with van der Waals surface area (Å²) in [5.74, 6) is 0. The Morgan fingerprint density at radius 2 is 2.00 bits per heavy atom. The molecule has 0 fully saturated rings. The minimum Gasteiger partial charge on any atom is -0.0870 e. The number of rotatable bonds is 2. The molecule has 0 radical (unpaired) electrons. The van der Waals surface area contributed by atoms with Crippen molar-refractivity contribution in [3.8, 4) is 0 Å². The third-order valence-corrected chi connectivity index (χ3v) is 3.38. The molecule has 2 heteroatoms. The van der Waals surface area contributed by atoms with Gasteiger partial charge in [-0.3, -0.25) is 0 Å². The van der Waals surface area contributed by atoms with E-state index in [1.165, 1.54) is 10.1 Å². The van der Waals surface area contributed by atoms with Crippen molar-refractivity contribution < 1.29 is 0 Å². The molecule has 0 bridgehead atoms. The van der Waals surface area contributed by atoms with E-state index in [4.69, 9.17) is 0 Å². The van der Waals surface area contributed by atoms with Crippen molar-refractivity contribution in [1.29, 1.82) is 0 Å². The average molecular weight is 242 g/mol. The fourth-order valence-corrected chi connectivity index (χ4v) is 1.06. The Labute approximate surface area is 67.6 Å². The van der Waals surface area contributed by atoms with Crippen LogP contribution < -0.4 is 0 Å². The Morgan fingerprint density at radius 1 is 1.50 bits per heavy atom. The van der Waals surface area contributed by atoms with Gasteiger partial charge < -0.3 is 0 Å². The molecular formula is C6H10Br2. The predicted octanol–water partition coefficient (Wildman–Crippen LogP) is 3.46. The minimum absolute atomic E-state index is 0.937. The van der Waals surface area contributed by atoms with Crippen molar-refractivity contribution in [1.82, 2.24) is 0 Å². The molecule has 0 spiro atoms. The van der Waals surface area contributed by atoms with Crippen LogP contribution in [0.5, 0.6) is 0 Å². The molecule has 0 aliphatic carbocycles. The molecule has 0 aromatic heterocycles. The van der Waals surface area contributed by atoms with Crippen molar-refractivity contribution in [2.24, 2.45) is 0 Å². The Bertz CT molecular complexity index is 82.7. The van der Waals surface area contributed by atoms with Gasteiger partial charge in [-0.2, -0.15) is 0 Å². The van der Waals surface area contributed by atoms with Gasteiger partial charge in [-0.05, 0) is 13.3 Å². The van der Waals surface area contributed by atoms with Crippen molar-refractivity contribution >= 4 is 31.9 Å². The number of allylic oxidation sites excluding steroid dienone is 2. The first-order chi connectivity index (χ1) is 3.72. The highest BCUT2D eigenvalue weighted by Gasteiger charge is 1.91. The van der Waals surface area contributed by atoms with Crippen LogP contribution in [-0.2, 0) is 0 Å². The third-order valence-electron chi connectivity index (χ3n) is 1.11. The fourth-order valence-electron chi connectivity index (χ4n) is 0.306. The quantitative estimate of drug-likeness (QED) is 0.650. The Morgan fingerprint density at radius 3 is 2.12 bits per heavy atom. The largest absolute Gasteiger partial charge is 0.0870 e. The highest BCUT2D eigenvalue weighted by Crippen LogP contribution is 2.15. The van der Waals surface area contributed by atoms with Gasteiger partial charge in [0.05, 0.1) is 0 Å². The first kappa shape index (κ1) is 8.70. The molecule has 0 atom stereocenters. The molecule has 8 heavy (non-hydrogen) atoms. The van der Waals surface area contributed by atoms with Gasteiger partial charge in [0.1, 0.15) is 0 Å². The van der Waals surface area contributed by atoms with E-state index in [1.807, 2.05) is 0 Å². The van der Waals surface area contributed by atoms with Gasteiger partial charge in [-0.25, -0.2) is 0 Å². The molecule has 0 heterocycles. The maximum Gasteiger partial charge on any atom is 0.0348 e. The minimum atomic E-state index is 0.937. The smallest absolute Gasteiger partial charge is 0.0348 e. The maximum atomic E-state index is 3.44. The van der Waals surface area contributed by atoms with Gasteiger partial charge in [0.15, 0.2) is 0 Å². The van der Waals surface area contributed by atoms with E-state index in [0.29, 0.717) is 0 Å². The van der Waals surface area contributed by atoms with E-state index in [1.54, 1.807) is 0 Å². The van der Waals surface area contributed by atoms with Crippen LogP contribution in [-0.4, -0.2) is 5.33 Å². The zero-order chi connectivity index (χ0) is 6.57. The normalized spacial score (nSPS) is 13.5. The lowest BCUT2D eigenvalue weighted by atomic mass is 10.2. The van der Waals surface area contributed by atoms with Crippen LogP contribution in [0, 0.1) is 0 Å². The average Bonchev–Trinajstić information content (AvgIpc) is 1.84. The van der Waals surface area contributed by atoms with Gasteiger partial charge in [0.25, 0.3) is 0 Å². The van der Waals surface area contributed by atoms with Crippen LogP contribution in [0.3, 0.4) is 0 Å². The standard InChI is InChI=1S/C6H10Br2/c1-3-5(2)6(8)4-7/h3-4H2,1-2H3. The molecule has 0 aliphatic rings. The van der Waals surface area contributed by atoms with Crippen LogP contribution in [0.25, 0.3) is 0 Å². The molecule has 0 saturated heterocycles. The molecule has 0 N–H and O–H groups in total. The van der Waals surface area contributed by atoms with Crippen LogP contribution >= 0.6 is 31.9 Å². The Balaban J connectivity index is 3.83. The number of alkyl halides is 1. The molecule has 0 unspecified atom stereocenters. The lowest BCUT2D eigenvalue weighted by Gasteiger charge is -1.96. The third kappa shape index (κ3) is 2.88. The van der Waals surface area contributed by atoms with Gasteiger partial charge in [0.2, 0.25) is 0 Å². The summed E-state index contributed by atoms with van der Waals surface area (Å²) >= 11 is 6.79. The number of hydrogen-bond acceptors (Lipinski definition) is 0. The summed E-state index contributed by atoms with van der Waals surface area (Å²) in [4.78, 5) is 0. The van der Waals surface area contributed by atoms with E-state index in [2.05, 4.69) is 45.7 Å². The highest BCUT2D eigenvalue weighted by atomic mass is 79.9. The molecule has 0 saturated carbocycles. The molecule has 0 aliphatic heterocycles. The molecule has 0 aromatic rings. The van der Waals surface area contributed by atoms with Crippen molar-refractivity contribution in [2.45, 2.75) is 20.3 Å². The summed E-state index contributed by atoms with van der Waals surface area (Å²) < 4.78 is 1.28. The molecule has 0 amide bonds. The Kier molecular flexibility index (Phi) is 4.97. The second-order valence-corrected chi connectivity index (χ2v) is 3.19. The zero-order valence-corrected chi connectivity index (χ0v) is 8.34. The highest BCUT2D eigenvalue weighted by molar-refractivity contribution is 9.13. The first-order valence-corrected chi connectivity index (χ1v) is 4.53. The lowest BCUT2D eigenvalue weighted by molar-refractivity contribution is 1.09. The summed E-state index contributed by atoms with van der Waals surface area (Å²) in [6.45, 7) is 4.28. The van der Waals surface area contributed by atoms with Crippen LogP contribution in [0.2, 0.25) is 0 Å². The van der Waals surface area contributed by atoms with Crippen molar-refractivity contribution in [2.75, 3.05) is 5.33 Å². The topological polar surface area (TPSA) is 0 Å².